The third kappa shape index (κ3) is 3.06. The maximum absolute atomic E-state index is 14.1. The Kier molecular flexibility index (Phi) is 4.12. The van der Waals surface area contributed by atoms with Crippen molar-refractivity contribution in [2.24, 2.45) is 0 Å². The number of amides is 1. The second-order valence-corrected chi connectivity index (χ2v) is 7.22. The van der Waals surface area contributed by atoms with Crippen LogP contribution in [0, 0.1) is 12.7 Å². The van der Waals surface area contributed by atoms with E-state index in [0.29, 0.717) is 34.9 Å². The Bertz CT molecular complexity index is 1120. The van der Waals surface area contributed by atoms with Gasteiger partial charge in [-0.15, -0.1) is 0 Å². The molecular formula is C23H19FN2O3. The van der Waals surface area contributed by atoms with Gasteiger partial charge in [0.05, 0.1) is 0 Å². The Morgan fingerprint density at radius 1 is 1.07 bits per heavy atom. The summed E-state index contributed by atoms with van der Waals surface area (Å²) < 4.78 is 24.9. The van der Waals surface area contributed by atoms with Gasteiger partial charge >= 0.3 is 0 Å². The standard InChI is InChI=1S/C23H19FN2O3/c1-14-6-8-16(11-19(14)24)25-22-17-4-2-3-5-18(17)23(27)26(22)12-15-7-9-20-21(10-15)29-13-28-20/h2-11,22,25H,12-13H2,1H3/t22-/m0/s1. The van der Waals surface area contributed by atoms with E-state index in [0.717, 1.165) is 11.1 Å². The number of rotatable bonds is 4. The molecule has 0 spiro atoms. The van der Waals surface area contributed by atoms with Crippen LogP contribution in [0.4, 0.5) is 10.1 Å². The molecule has 29 heavy (non-hydrogen) atoms. The van der Waals surface area contributed by atoms with Crippen LogP contribution in [0.2, 0.25) is 0 Å². The molecule has 0 radical (unpaired) electrons. The first-order chi connectivity index (χ1) is 14.1. The fourth-order valence-corrected chi connectivity index (χ4v) is 3.77. The maximum atomic E-state index is 14.1. The van der Waals surface area contributed by atoms with E-state index >= 15 is 0 Å². The van der Waals surface area contributed by atoms with Crippen molar-refractivity contribution in [1.82, 2.24) is 4.90 Å². The Balaban J connectivity index is 1.48. The van der Waals surface area contributed by atoms with Gasteiger partial charge in [0.2, 0.25) is 6.79 Å². The Morgan fingerprint density at radius 2 is 1.90 bits per heavy atom. The molecule has 2 aliphatic rings. The summed E-state index contributed by atoms with van der Waals surface area (Å²) in [5, 5.41) is 3.33. The van der Waals surface area contributed by atoms with Gasteiger partial charge < -0.3 is 19.7 Å². The minimum Gasteiger partial charge on any atom is -0.454 e. The number of fused-ring (bicyclic) bond motifs is 2. The van der Waals surface area contributed by atoms with Crippen molar-refractivity contribution < 1.29 is 18.7 Å². The largest absolute Gasteiger partial charge is 0.454 e. The summed E-state index contributed by atoms with van der Waals surface area (Å²) in [6.07, 6.45) is -0.397. The Labute approximate surface area is 167 Å². The lowest BCUT2D eigenvalue weighted by atomic mass is 10.1. The van der Waals surface area contributed by atoms with Gasteiger partial charge in [-0.1, -0.05) is 30.3 Å². The van der Waals surface area contributed by atoms with Crippen molar-refractivity contribution >= 4 is 11.6 Å². The molecule has 3 aromatic carbocycles. The third-order valence-corrected chi connectivity index (χ3v) is 5.32. The fourth-order valence-electron chi connectivity index (χ4n) is 3.77. The quantitative estimate of drug-likeness (QED) is 0.706. The molecule has 2 heterocycles. The summed E-state index contributed by atoms with van der Waals surface area (Å²) in [4.78, 5) is 14.9. The van der Waals surface area contributed by atoms with E-state index in [1.165, 1.54) is 6.07 Å². The molecule has 1 atom stereocenters. The Hall–Kier alpha value is -3.54. The zero-order valence-electron chi connectivity index (χ0n) is 15.8. The van der Waals surface area contributed by atoms with Crippen LogP contribution in [-0.4, -0.2) is 17.6 Å². The number of ether oxygens (including phenoxy) is 2. The average Bonchev–Trinajstić information content (AvgIpc) is 3.29. The summed E-state index contributed by atoms with van der Waals surface area (Å²) in [7, 11) is 0. The molecule has 0 bridgehead atoms. The summed E-state index contributed by atoms with van der Waals surface area (Å²) in [6, 6.07) is 18.2. The van der Waals surface area contributed by atoms with Crippen LogP contribution in [0.5, 0.6) is 11.5 Å². The zero-order valence-corrected chi connectivity index (χ0v) is 15.8. The minimum absolute atomic E-state index is 0.0663. The summed E-state index contributed by atoms with van der Waals surface area (Å²) in [6.45, 7) is 2.31. The molecule has 1 N–H and O–H groups in total. The van der Waals surface area contributed by atoms with Crippen molar-refractivity contribution in [3.63, 3.8) is 0 Å². The molecule has 0 saturated heterocycles. The normalized spacial score (nSPS) is 16.8. The lowest BCUT2D eigenvalue weighted by Gasteiger charge is -2.27. The molecule has 6 heteroatoms. The van der Waals surface area contributed by atoms with E-state index in [1.54, 1.807) is 17.9 Å². The van der Waals surface area contributed by atoms with Gasteiger partial charge in [-0.25, -0.2) is 4.39 Å². The number of aryl methyl sites for hydroxylation is 1. The second-order valence-electron chi connectivity index (χ2n) is 7.22. The lowest BCUT2D eigenvalue weighted by molar-refractivity contribution is 0.0728. The molecule has 5 rings (SSSR count). The van der Waals surface area contributed by atoms with Gasteiger partial charge in [-0.2, -0.15) is 0 Å². The topological polar surface area (TPSA) is 50.8 Å². The highest BCUT2D eigenvalue weighted by Crippen LogP contribution is 2.38. The van der Waals surface area contributed by atoms with E-state index in [1.807, 2.05) is 48.5 Å². The van der Waals surface area contributed by atoms with E-state index < -0.39 is 6.17 Å². The van der Waals surface area contributed by atoms with Crippen molar-refractivity contribution in [1.29, 1.82) is 0 Å². The number of halogens is 1. The second kappa shape index (κ2) is 6.81. The predicted molar refractivity (Wildman–Crippen MR) is 106 cm³/mol. The van der Waals surface area contributed by atoms with Crippen LogP contribution in [0.25, 0.3) is 0 Å². The van der Waals surface area contributed by atoms with E-state index in [-0.39, 0.29) is 18.5 Å². The number of carbonyl (C=O) groups is 1. The van der Waals surface area contributed by atoms with E-state index in [2.05, 4.69) is 5.32 Å². The highest BCUT2D eigenvalue weighted by molar-refractivity contribution is 5.99. The van der Waals surface area contributed by atoms with Crippen LogP contribution in [0.1, 0.15) is 33.2 Å². The molecule has 0 unspecified atom stereocenters. The molecule has 0 aromatic heterocycles. The molecule has 3 aromatic rings. The minimum atomic E-state index is -0.397. The maximum Gasteiger partial charge on any atom is 0.256 e. The summed E-state index contributed by atoms with van der Waals surface area (Å²) in [5.74, 6) is 1.03. The first-order valence-electron chi connectivity index (χ1n) is 9.41. The highest BCUT2D eigenvalue weighted by atomic mass is 19.1. The number of hydrogen-bond acceptors (Lipinski definition) is 4. The fraction of sp³-hybridized carbons (Fsp3) is 0.174. The molecule has 2 aliphatic heterocycles. The number of anilines is 1. The van der Waals surface area contributed by atoms with Crippen molar-refractivity contribution in [2.75, 3.05) is 12.1 Å². The van der Waals surface area contributed by atoms with Crippen LogP contribution in [0.15, 0.2) is 60.7 Å². The Morgan fingerprint density at radius 3 is 2.76 bits per heavy atom. The number of benzene rings is 3. The molecule has 1 amide bonds. The molecule has 146 valence electrons. The molecule has 0 aliphatic carbocycles. The van der Waals surface area contributed by atoms with Crippen LogP contribution in [0.3, 0.4) is 0 Å². The van der Waals surface area contributed by atoms with Crippen LogP contribution < -0.4 is 14.8 Å². The van der Waals surface area contributed by atoms with E-state index in [4.69, 9.17) is 9.47 Å². The summed E-state index contributed by atoms with van der Waals surface area (Å²) >= 11 is 0. The first kappa shape index (κ1) is 17.6. The number of nitrogens with one attached hydrogen (secondary N) is 1. The molecule has 5 nitrogen and oxygen atoms in total. The first-order valence-corrected chi connectivity index (χ1v) is 9.41. The number of hydrogen-bond donors (Lipinski definition) is 1. The third-order valence-electron chi connectivity index (χ3n) is 5.32. The number of nitrogens with zero attached hydrogens (tertiary/aromatic N) is 1. The lowest BCUT2D eigenvalue weighted by Crippen LogP contribution is -2.31. The zero-order chi connectivity index (χ0) is 20.0. The monoisotopic (exact) mass is 390 g/mol. The highest BCUT2D eigenvalue weighted by Gasteiger charge is 2.36. The molecule has 0 fully saturated rings. The van der Waals surface area contributed by atoms with Gasteiger partial charge in [0.25, 0.3) is 5.91 Å². The van der Waals surface area contributed by atoms with E-state index in [9.17, 15) is 9.18 Å². The molecular weight excluding hydrogens is 371 g/mol. The number of carbonyl (C=O) groups excluding carboxylic acids is 1. The van der Waals surface area contributed by atoms with Crippen molar-refractivity contribution in [2.45, 2.75) is 19.6 Å². The van der Waals surface area contributed by atoms with Crippen molar-refractivity contribution in [3.8, 4) is 11.5 Å². The van der Waals surface area contributed by atoms with Crippen LogP contribution >= 0.6 is 0 Å². The molecule has 0 saturated carbocycles. The van der Waals surface area contributed by atoms with Gasteiger partial charge in [-0.05, 0) is 48.4 Å². The van der Waals surface area contributed by atoms with Crippen LogP contribution in [-0.2, 0) is 6.54 Å². The summed E-state index contributed by atoms with van der Waals surface area (Å²) in [5.41, 5.74) is 3.66. The van der Waals surface area contributed by atoms with Gasteiger partial charge in [0, 0.05) is 23.4 Å². The van der Waals surface area contributed by atoms with Crippen molar-refractivity contribution in [3.05, 3.63) is 88.7 Å². The van der Waals surface area contributed by atoms with Gasteiger partial charge in [0.15, 0.2) is 11.5 Å². The van der Waals surface area contributed by atoms with Gasteiger partial charge in [-0.3, -0.25) is 4.79 Å². The predicted octanol–water partition coefficient (Wildman–Crippen LogP) is 4.63. The SMILES string of the molecule is Cc1ccc(N[C@@H]2c3ccccc3C(=O)N2Cc2ccc3c(c2)OCO3)cc1F. The van der Waals surface area contributed by atoms with Gasteiger partial charge in [0.1, 0.15) is 12.0 Å². The smallest absolute Gasteiger partial charge is 0.256 e. The average molecular weight is 390 g/mol.